The first-order valence-corrected chi connectivity index (χ1v) is 8.02. The van der Waals surface area contributed by atoms with E-state index in [9.17, 15) is 5.11 Å². The lowest BCUT2D eigenvalue weighted by Gasteiger charge is -2.42. The van der Waals surface area contributed by atoms with Crippen molar-refractivity contribution in [2.75, 3.05) is 18.0 Å². The number of hydrogen-bond acceptors (Lipinski definition) is 3. The summed E-state index contributed by atoms with van der Waals surface area (Å²) >= 11 is 0. The Labute approximate surface area is 128 Å². The molecule has 0 aliphatic carbocycles. The lowest BCUT2D eigenvalue weighted by molar-refractivity contribution is 0.193. The molecule has 1 fully saturated rings. The second-order valence-corrected chi connectivity index (χ2v) is 6.26. The summed E-state index contributed by atoms with van der Waals surface area (Å²) in [6.45, 7) is 8.39. The minimum absolute atomic E-state index is 0.480. The van der Waals surface area contributed by atoms with Gasteiger partial charge in [-0.2, -0.15) is 5.26 Å². The van der Waals surface area contributed by atoms with Crippen LogP contribution in [0.2, 0.25) is 0 Å². The van der Waals surface area contributed by atoms with Gasteiger partial charge in [-0.3, -0.25) is 0 Å². The summed E-state index contributed by atoms with van der Waals surface area (Å²) in [6.07, 6.45) is 4.35. The van der Waals surface area contributed by atoms with E-state index in [4.69, 9.17) is 5.26 Å². The van der Waals surface area contributed by atoms with Gasteiger partial charge in [0.25, 0.3) is 0 Å². The highest BCUT2D eigenvalue weighted by Gasteiger charge is 2.32. The molecule has 1 aromatic rings. The molecule has 1 N–H and O–H groups in total. The molecule has 0 bridgehead atoms. The molecule has 3 nitrogen and oxygen atoms in total. The Bertz CT molecular complexity index is 517. The van der Waals surface area contributed by atoms with Crippen LogP contribution in [-0.2, 0) is 0 Å². The minimum atomic E-state index is -0.503. The van der Waals surface area contributed by atoms with Crippen LogP contribution in [0.3, 0.4) is 0 Å². The van der Waals surface area contributed by atoms with Gasteiger partial charge in [-0.1, -0.05) is 32.8 Å². The van der Waals surface area contributed by atoms with Crippen LogP contribution in [0, 0.1) is 16.7 Å². The first-order chi connectivity index (χ1) is 10.0. The molecule has 1 aromatic carbocycles. The van der Waals surface area contributed by atoms with Crippen LogP contribution < -0.4 is 4.90 Å². The number of piperidine rings is 1. The van der Waals surface area contributed by atoms with E-state index in [1.54, 1.807) is 13.0 Å². The van der Waals surface area contributed by atoms with Gasteiger partial charge in [0.15, 0.2) is 0 Å². The van der Waals surface area contributed by atoms with Crippen molar-refractivity contribution < 1.29 is 5.11 Å². The third-order valence-corrected chi connectivity index (χ3v) is 5.27. The van der Waals surface area contributed by atoms with Gasteiger partial charge in [-0.15, -0.1) is 0 Å². The summed E-state index contributed by atoms with van der Waals surface area (Å²) in [4.78, 5) is 2.34. The maximum absolute atomic E-state index is 9.98. The second-order valence-electron chi connectivity index (χ2n) is 6.26. The zero-order chi connectivity index (χ0) is 15.5. The quantitative estimate of drug-likeness (QED) is 0.909. The smallest absolute Gasteiger partial charge is 0.0992 e. The Morgan fingerprint density at radius 2 is 1.90 bits per heavy atom. The summed E-state index contributed by atoms with van der Waals surface area (Å²) in [6, 6.07) is 7.80. The lowest BCUT2D eigenvalue weighted by Crippen LogP contribution is -2.40. The van der Waals surface area contributed by atoms with Crippen LogP contribution in [0.5, 0.6) is 0 Å². The van der Waals surface area contributed by atoms with Crippen LogP contribution in [0.1, 0.15) is 63.7 Å². The number of rotatable bonds is 4. The van der Waals surface area contributed by atoms with Crippen LogP contribution in [0.15, 0.2) is 18.2 Å². The number of nitriles is 1. The molecule has 0 amide bonds. The fourth-order valence-corrected chi connectivity index (χ4v) is 3.42. The highest BCUT2D eigenvalue weighted by Crippen LogP contribution is 2.40. The SMILES string of the molecule is CCC1(CC)CCN(c2cc(C#N)ccc2[C@@H](C)O)CC1. The van der Waals surface area contributed by atoms with E-state index in [1.807, 2.05) is 12.1 Å². The summed E-state index contributed by atoms with van der Waals surface area (Å²) < 4.78 is 0. The normalized spacial score (nSPS) is 19.1. The lowest BCUT2D eigenvalue weighted by atomic mass is 9.74. The van der Waals surface area contributed by atoms with Crippen molar-refractivity contribution in [1.82, 2.24) is 0 Å². The summed E-state index contributed by atoms with van der Waals surface area (Å²) in [5.41, 5.74) is 3.10. The monoisotopic (exact) mass is 286 g/mol. The third kappa shape index (κ3) is 3.22. The second kappa shape index (κ2) is 6.49. The number of hydrogen-bond donors (Lipinski definition) is 1. The molecule has 2 rings (SSSR count). The van der Waals surface area contributed by atoms with Crippen molar-refractivity contribution in [3.63, 3.8) is 0 Å². The van der Waals surface area contributed by atoms with Crippen molar-refractivity contribution in [2.45, 2.75) is 52.6 Å². The molecule has 1 aliphatic rings. The van der Waals surface area contributed by atoms with Gasteiger partial charge >= 0.3 is 0 Å². The van der Waals surface area contributed by atoms with Gasteiger partial charge in [-0.25, -0.2) is 0 Å². The first-order valence-electron chi connectivity index (χ1n) is 8.02. The van der Waals surface area contributed by atoms with Crippen LogP contribution >= 0.6 is 0 Å². The van der Waals surface area contributed by atoms with E-state index in [0.717, 1.165) is 24.3 Å². The molecular formula is C18H26N2O. The summed E-state index contributed by atoms with van der Waals surface area (Å²) in [5, 5.41) is 19.1. The van der Waals surface area contributed by atoms with Crippen LogP contribution in [0.4, 0.5) is 5.69 Å². The molecule has 21 heavy (non-hydrogen) atoms. The van der Waals surface area contributed by atoms with Gasteiger partial charge < -0.3 is 10.0 Å². The Morgan fingerprint density at radius 3 is 2.38 bits per heavy atom. The maximum atomic E-state index is 9.98. The molecule has 0 aromatic heterocycles. The number of benzene rings is 1. The van der Waals surface area contributed by atoms with Crippen molar-refractivity contribution in [2.24, 2.45) is 5.41 Å². The average molecular weight is 286 g/mol. The molecule has 1 aliphatic heterocycles. The standard InChI is InChI=1S/C18H26N2O/c1-4-18(5-2)8-10-20(11-9-18)17-12-15(13-19)6-7-16(17)14(3)21/h6-7,12,14,21H,4-5,8-11H2,1-3H3/t14-/m1/s1. The number of aliphatic hydroxyl groups is 1. The van der Waals surface area contributed by atoms with Crippen molar-refractivity contribution in [3.05, 3.63) is 29.3 Å². The fourth-order valence-electron chi connectivity index (χ4n) is 3.42. The van der Waals surface area contributed by atoms with Gasteiger partial charge in [0.05, 0.1) is 17.7 Å². The maximum Gasteiger partial charge on any atom is 0.0992 e. The molecule has 1 saturated heterocycles. The van der Waals surface area contributed by atoms with Gasteiger partial charge in [0.2, 0.25) is 0 Å². The van der Waals surface area contributed by atoms with E-state index in [-0.39, 0.29) is 0 Å². The molecular weight excluding hydrogens is 260 g/mol. The van der Waals surface area contributed by atoms with Crippen LogP contribution in [-0.4, -0.2) is 18.2 Å². The highest BCUT2D eigenvalue weighted by atomic mass is 16.3. The Balaban J connectivity index is 2.25. The van der Waals surface area contributed by atoms with Gasteiger partial charge in [-0.05, 0) is 37.3 Å². The zero-order valence-corrected chi connectivity index (χ0v) is 13.4. The van der Waals surface area contributed by atoms with Gasteiger partial charge in [0.1, 0.15) is 0 Å². The van der Waals surface area contributed by atoms with E-state index in [2.05, 4.69) is 24.8 Å². The van der Waals surface area contributed by atoms with E-state index in [1.165, 1.54) is 25.7 Å². The predicted molar refractivity (Wildman–Crippen MR) is 86.3 cm³/mol. The number of anilines is 1. The molecule has 0 spiro atoms. The predicted octanol–water partition coefficient (Wildman–Crippen LogP) is 4.02. The molecule has 0 unspecified atom stereocenters. The average Bonchev–Trinajstić information content (AvgIpc) is 2.54. The third-order valence-electron chi connectivity index (χ3n) is 5.27. The zero-order valence-electron chi connectivity index (χ0n) is 13.4. The fraction of sp³-hybridized carbons (Fsp3) is 0.611. The topological polar surface area (TPSA) is 47.3 Å². The summed E-state index contributed by atoms with van der Waals surface area (Å²) in [7, 11) is 0. The first kappa shape index (κ1) is 15.9. The van der Waals surface area contributed by atoms with E-state index < -0.39 is 6.10 Å². The summed E-state index contributed by atoms with van der Waals surface area (Å²) in [5.74, 6) is 0. The van der Waals surface area contributed by atoms with Crippen molar-refractivity contribution in [1.29, 1.82) is 5.26 Å². The Kier molecular flexibility index (Phi) is 4.90. The number of nitrogens with zero attached hydrogens (tertiary/aromatic N) is 2. The number of aliphatic hydroxyl groups excluding tert-OH is 1. The van der Waals surface area contributed by atoms with Crippen molar-refractivity contribution >= 4 is 5.69 Å². The van der Waals surface area contributed by atoms with Crippen molar-refractivity contribution in [3.8, 4) is 6.07 Å². The minimum Gasteiger partial charge on any atom is -0.389 e. The Hall–Kier alpha value is -1.53. The van der Waals surface area contributed by atoms with Crippen LogP contribution in [0.25, 0.3) is 0 Å². The molecule has 0 saturated carbocycles. The largest absolute Gasteiger partial charge is 0.389 e. The molecule has 1 atom stereocenters. The van der Waals surface area contributed by atoms with E-state index >= 15 is 0 Å². The molecule has 0 radical (unpaired) electrons. The molecule has 1 heterocycles. The van der Waals surface area contributed by atoms with Gasteiger partial charge in [0, 0.05) is 24.3 Å². The molecule has 114 valence electrons. The highest BCUT2D eigenvalue weighted by molar-refractivity contribution is 5.58. The van der Waals surface area contributed by atoms with E-state index in [0.29, 0.717) is 11.0 Å². The Morgan fingerprint density at radius 1 is 1.29 bits per heavy atom. The molecule has 3 heteroatoms.